The van der Waals surface area contributed by atoms with Gasteiger partial charge >= 0.3 is 0 Å². The Morgan fingerprint density at radius 2 is 2.38 bits per heavy atom. The van der Waals surface area contributed by atoms with Crippen LogP contribution in [0.4, 0.5) is 0 Å². The molecule has 92 valence electrons. The molecule has 0 bridgehead atoms. The van der Waals surface area contributed by atoms with Crippen LogP contribution in [-0.4, -0.2) is 49.8 Å². The van der Waals surface area contributed by atoms with Crippen molar-refractivity contribution in [2.24, 2.45) is 5.41 Å². The maximum absolute atomic E-state index is 5.87. The molecule has 3 rings (SSSR count). The number of hydrogen-bond acceptors (Lipinski definition) is 3. The second-order valence-electron chi connectivity index (χ2n) is 6.12. The van der Waals surface area contributed by atoms with Crippen LogP contribution in [0.5, 0.6) is 0 Å². The van der Waals surface area contributed by atoms with Gasteiger partial charge in [0.1, 0.15) is 0 Å². The average Bonchev–Trinajstić information content (AvgIpc) is 2.87. The summed E-state index contributed by atoms with van der Waals surface area (Å²) >= 11 is 0. The van der Waals surface area contributed by atoms with E-state index in [0.29, 0.717) is 11.5 Å². The minimum Gasteiger partial charge on any atom is -0.375 e. The highest BCUT2D eigenvalue weighted by atomic mass is 16.5. The quantitative estimate of drug-likeness (QED) is 0.764. The van der Waals surface area contributed by atoms with Crippen LogP contribution in [0, 0.1) is 5.41 Å². The van der Waals surface area contributed by atoms with Gasteiger partial charge in [0.2, 0.25) is 0 Å². The summed E-state index contributed by atoms with van der Waals surface area (Å²) in [4.78, 5) is 2.72. The van der Waals surface area contributed by atoms with Gasteiger partial charge in [-0.15, -0.1) is 0 Å². The number of nitrogens with one attached hydrogen (secondary N) is 1. The molecule has 1 N–H and O–H groups in total. The minimum atomic E-state index is 0.504. The Morgan fingerprint density at radius 1 is 1.44 bits per heavy atom. The molecule has 0 aromatic heterocycles. The lowest BCUT2D eigenvalue weighted by atomic mass is 9.88. The van der Waals surface area contributed by atoms with Crippen LogP contribution in [0.25, 0.3) is 0 Å². The van der Waals surface area contributed by atoms with E-state index < -0.39 is 0 Å². The SMILES string of the molecule is CC1(CN2CCOC3CCCC32)CCNC1. The van der Waals surface area contributed by atoms with E-state index in [1.54, 1.807) is 0 Å². The van der Waals surface area contributed by atoms with Gasteiger partial charge in [0.05, 0.1) is 12.7 Å². The first-order valence-electron chi connectivity index (χ1n) is 6.83. The zero-order valence-corrected chi connectivity index (χ0v) is 10.4. The zero-order chi connectivity index (χ0) is 11.0. The molecule has 2 heterocycles. The Morgan fingerprint density at radius 3 is 3.19 bits per heavy atom. The summed E-state index contributed by atoms with van der Waals surface area (Å²) in [6, 6.07) is 0.728. The van der Waals surface area contributed by atoms with Gasteiger partial charge in [-0.25, -0.2) is 0 Å². The van der Waals surface area contributed by atoms with Crippen LogP contribution >= 0.6 is 0 Å². The molecular weight excluding hydrogens is 200 g/mol. The molecule has 2 saturated heterocycles. The van der Waals surface area contributed by atoms with E-state index in [0.717, 1.165) is 19.2 Å². The van der Waals surface area contributed by atoms with Crippen molar-refractivity contribution in [3.63, 3.8) is 0 Å². The lowest BCUT2D eigenvalue weighted by molar-refractivity contribution is -0.0658. The van der Waals surface area contributed by atoms with Crippen molar-refractivity contribution in [1.29, 1.82) is 0 Å². The normalized spacial score (nSPS) is 44.8. The number of morpholine rings is 1. The van der Waals surface area contributed by atoms with Crippen LogP contribution in [0.15, 0.2) is 0 Å². The Kier molecular flexibility index (Phi) is 2.94. The summed E-state index contributed by atoms with van der Waals surface area (Å²) in [6.45, 7) is 8.20. The van der Waals surface area contributed by atoms with Crippen molar-refractivity contribution in [1.82, 2.24) is 10.2 Å². The summed E-state index contributed by atoms with van der Waals surface area (Å²) < 4.78 is 5.87. The molecule has 3 unspecified atom stereocenters. The molecule has 3 heteroatoms. The van der Waals surface area contributed by atoms with E-state index >= 15 is 0 Å². The summed E-state index contributed by atoms with van der Waals surface area (Å²) in [5.41, 5.74) is 0.504. The number of nitrogens with zero attached hydrogens (tertiary/aromatic N) is 1. The van der Waals surface area contributed by atoms with E-state index in [4.69, 9.17) is 4.74 Å². The smallest absolute Gasteiger partial charge is 0.0730 e. The minimum absolute atomic E-state index is 0.504. The van der Waals surface area contributed by atoms with E-state index in [-0.39, 0.29) is 0 Å². The van der Waals surface area contributed by atoms with Gasteiger partial charge in [-0.2, -0.15) is 0 Å². The molecule has 0 aromatic carbocycles. The maximum atomic E-state index is 5.87. The summed E-state index contributed by atoms with van der Waals surface area (Å²) in [7, 11) is 0. The van der Waals surface area contributed by atoms with E-state index in [1.807, 2.05) is 0 Å². The fourth-order valence-corrected chi connectivity index (χ4v) is 3.70. The maximum Gasteiger partial charge on any atom is 0.0730 e. The van der Waals surface area contributed by atoms with Crippen molar-refractivity contribution in [2.75, 3.05) is 32.8 Å². The molecule has 3 aliphatic rings. The highest BCUT2D eigenvalue weighted by Crippen LogP contribution is 2.33. The van der Waals surface area contributed by atoms with Crippen molar-refractivity contribution in [3.05, 3.63) is 0 Å². The van der Waals surface area contributed by atoms with Crippen LogP contribution in [-0.2, 0) is 4.74 Å². The van der Waals surface area contributed by atoms with E-state index in [9.17, 15) is 0 Å². The van der Waals surface area contributed by atoms with Gasteiger partial charge in [0, 0.05) is 25.7 Å². The lowest BCUT2D eigenvalue weighted by Crippen LogP contribution is -2.52. The molecule has 3 fully saturated rings. The predicted molar refractivity (Wildman–Crippen MR) is 64.5 cm³/mol. The summed E-state index contributed by atoms with van der Waals surface area (Å²) in [5, 5.41) is 3.50. The first-order valence-corrected chi connectivity index (χ1v) is 6.83. The molecule has 0 aromatic rings. The molecule has 0 radical (unpaired) electrons. The fourth-order valence-electron chi connectivity index (χ4n) is 3.70. The van der Waals surface area contributed by atoms with Crippen LogP contribution in [0.3, 0.4) is 0 Å². The molecule has 1 saturated carbocycles. The number of ether oxygens (including phenoxy) is 1. The monoisotopic (exact) mass is 224 g/mol. The molecule has 1 aliphatic carbocycles. The standard InChI is InChI=1S/C13H24N2O/c1-13(5-6-14-9-13)10-15-7-8-16-12-4-2-3-11(12)15/h11-12,14H,2-10H2,1H3. The van der Waals surface area contributed by atoms with Gasteiger partial charge in [-0.05, 0) is 37.6 Å². The number of hydrogen-bond donors (Lipinski definition) is 1. The first-order chi connectivity index (χ1) is 7.77. The van der Waals surface area contributed by atoms with Crippen molar-refractivity contribution < 1.29 is 4.74 Å². The molecule has 0 amide bonds. The second kappa shape index (κ2) is 4.28. The largest absolute Gasteiger partial charge is 0.375 e. The van der Waals surface area contributed by atoms with Crippen LogP contribution in [0.1, 0.15) is 32.6 Å². The van der Waals surface area contributed by atoms with Gasteiger partial charge < -0.3 is 10.1 Å². The second-order valence-corrected chi connectivity index (χ2v) is 6.12. The molecule has 3 atom stereocenters. The van der Waals surface area contributed by atoms with Crippen molar-refractivity contribution >= 4 is 0 Å². The molecule has 2 aliphatic heterocycles. The average molecular weight is 224 g/mol. The van der Waals surface area contributed by atoms with E-state index in [2.05, 4.69) is 17.1 Å². The highest BCUT2D eigenvalue weighted by molar-refractivity contribution is 4.94. The topological polar surface area (TPSA) is 24.5 Å². The Hall–Kier alpha value is -0.120. The Bertz CT molecular complexity index is 250. The van der Waals surface area contributed by atoms with Gasteiger partial charge in [-0.3, -0.25) is 4.90 Å². The summed E-state index contributed by atoms with van der Waals surface area (Å²) in [6.07, 6.45) is 5.89. The predicted octanol–water partition coefficient (Wildman–Crippen LogP) is 1.24. The third-order valence-corrected chi connectivity index (χ3v) is 4.64. The number of fused-ring (bicyclic) bond motifs is 1. The van der Waals surface area contributed by atoms with Crippen LogP contribution < -0.4 is 5.32 Å². The molecule has 3 nitrogen and oxygen atoms in total. The van der Waals surface area contributed by atoms with Gasteiger partial charge in [0.15, 0.2) is 0 Å². The Balaban J connectivity index is 1.64. The third-order valence-electron chi connectivity index (χ3n) is 4.64. The third kappa shape index (κ3) is 2.01. The molecular formula is C13H24N2O. The van der Waals surface area contributed by atoms with Crippen molar-refractivity contribution in [3.8, 4) is 0 Å². The van der Waals surface area contributed by atoms with E-state index in [1.165, 1.54) is 45.3 Å². The fraction of sp³-hybridized carbons (Fsp3) is 1.00. The first kappa shape index (κ1) is 11.0. The highest BCUT2D eigenvalue weighted by Gasteiger charge is 2.39. The van der Waals surface area contributed by atoms with Crippen molar-refractivity contribution in [2.45, 2.75) is 44.8 Å². The van der Waals surface area contributed by atoms with Gasteiger partial charge in [-0.1, -0.05) is 6.92 Å². The number of rotatable bonds is 2. The zero-order valence-electron chi connectivity index (χ0n) is 10.4. The van der Waals surface area contributed by atoms with Crippen LogP contribution in [0.2, 0.25) is 0 Å². The van der Waals surface area contributed by atoms with Gasteiger partial charge in [0.25, 0.3) is 0 Å². The Labute approximate surface area is 98.5 Å². The lowest BCUT2D eigenvalue weighted by Gasteiger charge is -2.41. The summed E-state index contributed by atoms with van der Waals surface area (Å²) in [5.74, 6) is 0. The molecule has 0 spiro atoms. The molecule has 16 heavy (non-hydrogen) atoms.